The van der Waals surface area contributed by atoms with E-state index in [9.17, 15) is 18.0 Å². The second kappa shape index (κ2) is 4.73. The average Bonchev–Trinajstić information content (AvgIpc) is 2.26. The second-order valence-corrected chi connectivity index (χ2v) is 4.55. The highest BCUT2D eigenvalue weighted by Gasteiger charge is 2.33. The summed E-state index contributed by atoms with van der Waals surface area (Å²) in [5.41, 5.74) is 0. The topological polar surface area (TPSA) is 121 Å². The fourth-order valence-electron chi connectivity index (χ4n) is 0.691. The Hall–Kier alpha value is -1.64. The lowest BCUT2D eigenvalue weighted by Gasteiger charge is -2.07. The Labute approximate surface area is 85.9 Å². The number of amides is 3. The van der Waals surface area contributed by atoms with Gasteiger partial charge >= 0.3 is 6.03 Å². The van der Waals surface area contributed by atoms with E-state index in [2.05, 4.69) is 0 Å². The minimum Gasteiger partial charge on any atom is -0.481 e. The first-order chi connectivity index (χ1) is 6.64. The number of sulfonamides is 1. The molecule has 0 aromatic carbocycles. The number of carbonyl (C=O) groups is 3. The zero-order chi connectivity index (χ0) is 12.2. The fourth-order valence-corrected chi connectivity index (χ4v) is 1.39. The first-order valence-corrected chi connectivity index (χ1v) is 5.50. The van der Waals surface area contributed by atoms with E-state index >= 15 is 0 Å². The molecule has 1 fully saturated rings. The summed E-state index contributed by atoms with van der Waals surface area (Å²) in [5, 5.41) is 9.26. The second-order valence-electron chi connectivity index (χ2n) is 2.64. The lowest BCUT2D eigenvalue weighted by molar-refractivity contribution is -0.134. The van der Waals surface area contributed by atoms with Crippen LogP contribution in [0.5, 0.6) is 0 Å². The molecule has 1 saturated heterocycles. The molecule has 1 rings (SSSR count). The van der Waals surface area contributed by atoms with Crippen LogP contribution >= 0.6 is 0 Å². The molecule has 0 aromatic heterocycles. The van der Waals surface area contributed by atoms with Crippen LogP contribution in [0.25, 0.3) is 0 Å². The van der Waals surface area contributed by atoms with Gasteiger partial charge in [0, 0.05) is 6.92 Å². The summed E-state index contributed by atoms with van der Waals surface area (Å²) in [6.07, 6.45) is 0.866. The minimum absolute atomic E-state index is 0.405. The van der Waals surface area contributed by atoms with Gasteiger partial charge in [-0.15, -0.1) is 0 Å². The largest absolute Gasteiger partial charge is 0.481 e. The lowest BCUT2D eigenvalue weighted by atomic mass is 10.7. The van der Waals surface area contributed by atoms with Gasteiger partial charge in [-0.05, 0) is 0 Å². The minimum atomic E-state index is -3.58. The number of nitrogens with one attached hydrogen (secondary N) is 1. The van der Waals surface area contributed by atoms with E-state index in [0.29, 0.717) is 4.31 Å². The number of urea groups is 1. The first-order valence-electron chi connectivity index (χ1n) is 3.65. The number of carbonyl (C=O) groups excluding carboxylic acids is 2. The van der Waals surface area contributed by atoms with Gasteiger partial charge in [0.2, 0.25) is 15.9 Å². The number of imide groups is 1. The van der Waals surface area contributed by atoms with Gasteiger partial charge in [-0.1, -0.05) is 0 Å². The Morgan fingerprint density at radius 1 is 1.47 bits per heavy atom. The summed E-state index contributed by atoms with van der Waals surface area (Å²) >= 11 is 0. The van der Waals surface area contributed by atoms with Crippen molar-refractivity contribution in [1.82, 2.24) is 9.62 Å². The van der Waals surface area contributed by atoms with Gasteiger partial charge < -0.3 is 5.11 Å². The van der Waals surface area contributed by atoms with Gasteiger partial charge in [0.1, 0.15) is 6.54 Å². The predicted molar refractivity (Wildman–Crippen MR) is 48.4 cm³/mol. The van der Waals surface area contributed by atoms with E-state index in [1.807, 2.05) is 5.32 Å². The molecule has 0 radical (unpaired) electrons. The molecule has 0 aliphatic carbocycles. The van der Waals surface area contributed by atoms with Crippen LogP contribution in [-0.2, 0) is 19.6 Å². The van der Waals surface area contributed by atoms with Crippen LogP contribution < -0.4 is 5.32 Å². The monoisotopic (exact) mass is 238 g/mol. The summed E-state index contributed by atoms with van der Waals surface area (Å²) in [6.45, 7) is 0.678. The van der Waals surface area contributed by atoms with Crippen molar-refractivity contribution in [3.63, 3.8) is 0 Å². The molecular weight excluding hydrogens is 228 g/mol. The normalized spacial score (nSPS) is 15.5. The van der Waals surface area contributed by atoms with Crippen LogP contribution in [0.3, 0.4) is 0 Å². The number of hydrogen-bond donors (Lipinski definition) is 2. The smallest absolute Gasteiger partial charge is 0.338 e. The van der Waals surface area contributed by atoms with Crippen molar-refractivity contribution in [1.29, 1.82) is 0 Å². The number of hydrogen-bond acceptors (Lipinski definition) is 5. The molecule has 0 atom stereocenters. The fraction of sp³-hybridized carbons (Fsp3) is 0.500. The maximum absolute atomic E-state index is 10.7. The SMILES string of the molecule is CC(=O)O.CS(=O)(=O)N1CC(=O)NC1=O. The zero-order valence-electron chi connectivity index (χ0n) is 8.05. The van der Waals surface area contributed by atoms with Crippen molar-refractivity contribution in [2.45, 2.75) is 6.92 Å². The standard InChI is InChI=1S/C4H6N2O4S.C2H4O2/c1-11(9,10)6-2-3(7)5-4(6)8;1-2(3)4/h2H2,1H3,(H,5,7,8);1H3,(H,3,4). The molecule has 0 unspecified atom stereocenters. The van der Waals surface area contributed by atoms with Gasteiger partial charge in [-0.25, -0.2) is 17.5 Å². The molecule has 0 saturated carbocycles. The van der Waals surface area contributed by atoms with Crippen molar-refractivity contribution in [2.24, 2.45) is 0 Å². The van der Waals surface area contributed by atoms with Crippen LogP contribution in [0.2, 0.25) is 0 Å². The van der Waals surface area contributed by atoms with Crippen LogP contribution in [0, 0.1) is 0 Å². The van der Waals surface area contributed by atoms with Gasteiger partial charge in [0.25, 0.3) is 5.97 Å². The zero-order valence-corrected chi connectivity index (χ0v) is 8.87. The molecular formula is C6H10N2O6S. The molecule has 9 heteroatoms. The van der Waals surface area contributed by atoms with Crippen molar-refractivity contribution in [3.8, 4) is 0 Å². The third kappa shape index (κ3) is 4.96. The highest BCUT2D eigenvalue weighted by Crippen LogP contribution is 2.03. The van der Waals surface area contributed by atoms with E-state index in [1.54, 1.807) is 0 Å². The number of carboxylic acid groups (broad SMARTS) is 1. The Balaban J connectivity index is 0.000000423. The summed E-state index contributed by atoms with van der Waals surface area (Å²) in [5.74, 6) is -1.43. The summed E-state index contributed by atoms with van der Waals surface area (Å²) < 4.78 is 21.9. The van der Waals surface area contributed by atoms with E-state index < -0.39 is 34.5 Å². The molecule has 2 N–H and O–H groups in total. The van der Waals surface area contributed by atoms with Crippen molar-refractivity contribution in [3.05, 3.63) is 0 Å². The molecule has 0 spiro atoms. The molecule has 86 valence electrons. The molecule has 1 aliphatic heterocycles. The highest BCUT2D eigenvalue weighted by atomic mass is 32.2. The number of aliphatic carboxylic acids is 1. The van der Waals surface area contributed by atoms with E-state index in [-0.39, 0.29) is 0 Å². The van der Waals surface area contributed by atoms with Crippen LogP contribution in [0.4, 0.5) is 4.79 Å². The summed E-state index contributed by atoms with van der Waals surface area (Å²) in [4.78, 5) is 30.1. The number of nitrogens with zero attached hydrogens (tertiary/aromatic N) is 1. The molecule has 3 amide bonds. The van der Waals surface area contributed by atoms with E-state index in [1.165, 1.54) is 0 Å². The van der Waals surface area contributed by atoms with Gasteiger partial charge in [0.05, 0.1) is 6.26 Å². The molecule has 0 aromatic rings. The summed E-state index contributed by atoms with van der Waals surface area (Å²) in [7, 11) is -3.58. The molecule has 8 nitrogen and oxygen atoms in total. The Bertz CT molecular complexity index is 382. The van der Waals surface area contributed by atoms with Crippen LogP contribution in [0.1, 0.15) is 6.92 Å². The Morgan fingerprint density at radius 3 is 2.00 bits per heavy atom. The maximum Gasteiger partial charge on any atom is 0.338 e. The molecule has 1 heterocycles. The molecule has 15 heavy (non-hydrogen) atoms. The Kier molecular flexibility index (Phi) is 4.21. The number of carboxylic acids is 1. The van der Waals surface area contributed by atoms with Gasteiger partial charge in [-0.3, -0.25) is 14.9 Å². The van der Waals surface area contributed by atoms with Crippen molar-refractivity contribution < 1.29 is 27.9 Å². The van der Waals surface area contributed by atoms with Crippen molar-refractivity contribution in [2.75, 3.05) is 12.8 Å². The van der Waals surface area contributed by atoms with Gasteiger partial charge in [-0.2, -0.15) is 0 Å². The van der Waals surface area contributed by atoms with Crippen LogP contribution in [0.15, 0.2) is 0 Å². The third-order valence-electron chi connectivity index (χ3n) is 1.16. The quantitative estimate of drug-likeness (QED) is 0.541. The molecule has 1 aliphatic rings. The van der Waals surface area contributed by atoms with Gasteiger partial charge in [0.15, 0.2) is 0 Å². The van der Waals surface area contributed by atoms with E-state index in [4.69, 9.17) is 9.90 Å². The number of rotatable bonds is 1. The van der Waals surface area contributed by atoms with E-state index in [0.717, 1.165) is 13.2 Å². The maximum atomic E-state index is 10.7. The first kappa shape index (κ1) is 13.4. The van der Waals surface area contributed by atoms with Crippen LogP contribution in [-0.4, -0.2) is 48.5 Å². The highest BCUT2D eigenvalue weighted by molar-refractivity contribution is 7.88. The third-order valence-corrected chi connectivity index (χ3v) is 2.26. The summed E-state index contributed by atoms with van der Waals surface area (Å²) in [6, 6.07) is -0.877. The molecule has 0 bridgehead atoms. The predicted octanol–water partition coefficient (Wildman–Crippen LogP) is -1.41. The lowest BCUT2D eigenvalue weighted by Crippen LogP contribution is -2.33. The van der Waals surface area contributed by atoms with Crippen molar-refractivity contribution >= 4 is 27.9 Å². The Morgan fingerprint density at radius 2 is 1.87 bits per heavy atom. The average molecular weight is 238 g/mol.